The van der Waals surface area contributed by atoms with E-state index in [0.29, 0.717) is 11.3 Å². The van der Waals surface area contributed by atoms with E-state index >= 15 is 0 Å². The summed E-state index contributed by atoms with van der Waals surface area (Å²) in [4.78, 5) is 2.97. The molecule has 0 aliphatic carbocycles. The number of aromatic nitrogens is 2. The number of nitrogens with one attached hydrogen (secondary N) is 2. The summed E-state index contributed by atoms with van der Waals surface area (Å²) >= 11 is 5.18. The number of sulfonamides is 1. The fraction of sp³-hybridized carbons (Fsp3) is 0.700. The third-order valence-corrected chi connectivity index (χ3v) is 3.59. The van der Waals surface area contributed by atoms with Gasteiger partial charge in [-0.3, -0.25) is 0 Å². The topological polar surface area (TPSA) is 66.9 Å². The van der Waals surface area contributed by atoms with Gasteiger partial charge < -0.3 is 9.55 Å². The first-order valence-electron chi connectivity index (χ1n) is 5.40. The standard InChI is InChI=1S/C10H19N3O2S2/c1-5-8-6-11-9(16)13(8)7-10(2,3)12-17(4,14)15/h6,12H,5,7H2,1-4H3,(H,11,16). The second kappa shape index (κ2) is 4.91. The Bertz CT molecular complexity index is 540. The lowest BCUT2D eigenvalue weighted by Crippen LogP contribution is -2.46. The van der Waals surface area contributed by atoms with Crippen molar-refractivity contribution < 1.29 is 8.42 Å². The quantitative estimate of drug-likeness (QED) is 0.800. The highest BCUT2D eigenvalue weighted by atomic mass is 32.2. The van der Waals surface area contributed by atoms with Crippen LogP contribution in [-0.2, 0) is 23.0 Å². The van der Waals surface area contributed by atoms with Gasteiger partial charge in [0, 0.05) is 24.0 Å². The van der Waals surface area contributed by atoms with Gasteiger partial charge in [0.2, 0.25) is 10.0 Å². The van der Waals surface area contributed by atoms with Crippen molar-refractivity contribution in [3.8, 4) is 0 Å². The van der Waals surface area contributed by atoms with Crippen molar-refractivity contribution in [3.05, 3.63) is 16.7 Å². The molecule has 0 bridgehead atoms. The van der Waals surface area contributed by atoms with Gasteiger partial charge >= 0.3 is 0 Å². The van der Waals surface area contributed by atoms with E-state index in [1.54, 1.807) is 0 Å². The van der Waals surface area contributed by atoms with Crippen molar-refractivity contribution in [2.75, 3.05) is 6.26 Å². The van der Waals surface area contributed by atoms with Gasteiger partial charge in [0.05, 0.1) is 6.26 Å². The molecule has 0 radical (unpaired) electrons. The van der Waals surface area contributed by atoms with E-state index in [4.69, 9.17) is 12.2 Å². The molecule has 7 heteroatoms. The molecule has 1 heterocycles. The van der Waals surface area contributed by atoms with Crippen LogP contribution in [0.25, 0.3) is 0 Å². The van der Waals surface area contributed by atoms with Crippen LogP contribution in [0.4, 0.5) is 0 Å². The van der Waals surface area contributed by atoms with Crippen LogP contribution in [0.2, 0.25) is 0 Å². The maximum Gasteiger partial charge on any atom is 0.209 e. The molecule has 0 spiro atoms. The van der Waals surface area contributed by atoms with Gasteiger partial charge in [-0.1, -0.05) is 6.92 Å². The fourth-order valence-electron chi connectivity index (χ4n) is 1.83. The predicted molar refractivity (Wildman–Crippen MR) is 71.1 cm³/mol. The van der Waals surface area contributed by atoms with Crippen molar-refractivity contribution in [1.82, 2.24) is 14.3 Å². The third-order valence-electron chi connectivity index (χ3n) is 2.33. The molecule has 1 aromatic heterocycles. The van der Waals surface area contributed by atoms with Gasteiger partial charge in [-0.25, -0.2) is 13.1 Å². The Balaban J connectivity index is 2.97. The van der Waals surface area contributed by atoms with Gasteiger partial charge in [-0.05, 0) is 32.5 Å². The zero-order valence-electron chi connectivity index (χ0n) is 10.6. The van der Waals surface area contributed by atoms with E-state index in [1.807, 2.05) is 31.5 Å². The molecule has 0 unspecified atom stereocenters. The molecule has 0 amide bonds. The summed E-state index contributed by atoms with van der Waals surface area (Å²) in [7, 11) is -3.22. The smallest absolute Gasteiger partial charge is 0.209 e. The average Bonchev–Trinajstić information content (AvgIpc) is 2.43. The van der Waals surface area contributed by atoms with E-state index in [0.717, 1.165) is 18.4 Å². The van der Waals surface area contributed by atoms with E-state index in [-0.39, 0.29) is 0 Å². The zero-order valence-corrected chi connectivity index (χ0v) is 12.2. The molecule has 0 aliphatic rings. The SMILES string of the molecule is CCc1c[nH]c(=S)n1CC(C)(C)NS(C)(=O)=O. The van der Waals surface area contributed by atoms with Crippen molar-refractivity contribution in [1.29, 1.82) is 0 Å². The lowest BCUT2D eigenvalue weighted by Gasteiger charge is -2.26. The first kappa shape index (κ1) is 14.4. The number of hydrogen-bond acceptors (Lipinski definition) is 3. The normalized spacial score (nSPS) is 12.9. The maximum atomic E-state index is 11.3. The molecule has 98 valence electrons. The van der Waals surface area contributed by atoms with Crippen LogP contribution in [0, 0.1) is 4.77 Å². The molecule has 1 aromatic rings. The summed E-state index contributed by atoms with van der Waals surface area (Å²) in [6.45, 7) is 6.21. The second-order valence-electron chi connectivity index (χ2n) is 4.78. The Hall–Kier alpha value is -0.660. The Kier molecular flexibility index (Phi) is 4.16. The first-order chi connectivity index (χ1) is 7.64. The van der Waals surface area contributed by atoms with E-state index in [1.165, 1.54) is 0 Å². The minimum atomic E-state index is -3.22. The first-order valence-corrected chi connectivity index (χ1v) is 7.70. The van der Waals surface area contributed by atoms with Gasteiger partial charge in [-0.15, -0.1) is 0 Å². The molecule has 0 aromatic carbocycles. The molecule has 0 fully saturated rings. The van der Waals surface area contributed by atoms with Crippen molar-refractivity contribution in [3.63, 3.8) is 0 Å². The molecule has 0 saturated heterocycles. The van der Waals surface area contributed by atoms with Crippen LogP contribution >= 0.6 is 12.2 Å². The Morgan fingerprint density at radius 3 is 2.59 bits per heavy atom. The monoisotopic (exact) mass is 277 g/mol. The second-order valence-corrected chi connectivity index (χ2v) is 6.92. The molecular weight excluding hydrogens is 258 g/mol. The lowest BCUT2D eigenvalue weighted by molar-refractivity contribution is 0.384. The Morgan fingerprint density at radius 1 is 1.53 bits per heavy atom. The van der Waals surface area contributed by atoms with E-state index < -0.39 is 15.6 Å². The number of hydrogen-bond donors (Lipinski definition) is 2. The van der Waals surface area contributed by atoms with Crippen molar-refractivity contribution in [2.45, 2.75) is 39.3 Å². The summed E-state index contributed by atoms with van der Waals surface area (Å²) in [5, 5.41) is 0. The number of H-pyrrole nitrogens is 1. The molecule has 17 heavy (non-hydrogen) atoms. The molecule has 2 N–H and O–H groups in total. The summed E-state index contributed by atoms with van der Waals surface area (Å²) in [5.41, 5.74) is 0.496. The zero-order chi connectivity index (χ0) is 13.3. The molecule has 5 nitrogen and oxygen atoms in total. The third kappa shape index (κ3) is 4.25. The number of rotatable bonds is 5. The highest BCUT2D eigenvalue weighted by molar-refractivity contribution is 7.88. The summed E-state index contributed by atoms with van der Waals surface area (Å²) in [5.74, 6) is 0. The summed E-state index contributed by atoms with van der Waals surface area (Å²) in [6, 6.07) is 0. The summed E-state index contributed by atoms with van der Waals surface area (Å²) in [6.07, 6.45) is 3.87. The Morgan fingerprint density at radius 2 is 2.12 bits per heavy atom. The molecular formula is C10H19N3O2S2. The number of aryl methyl sites for hydroxylation is 1. The van der Waals surface area contributed by atoms with E-state index in [9.17, 15) is 8.42 Å². The van der Waals surface area contributed by atoms with Crippen LogP contribution < -0.4 is 4.72 Å². The number of imidazole rings is 1. The highest BCUT2D eigenvalue weighted by Crippen LogP contribution is 2.12. The maximum absolute atomic E-state index is 11.3. The highest BCUT2D eigenvalue weighted by Gasteiger charge is 2.23. The van der Waals surface area contributed by atoms with Crippen LogP contribution in [0.15, 0.2) is 6.20 Å². The molecule has 0 atom stereocenters. The van der Waals surface area contributed by atoms with Crippen LogP contribution in [0.1, 0.15) is 26.5 Å². The molecule has 0 saturated carbocycles. The van der Waals surface area contributed by atoms with Crippen LogP contribution in [0.5, 0.6) is 0 Å². The van der Waals surface area contributed by atoms with Crippen molar-refractivity contribution in [2.24, 2.45) is 0 Å². The minimum Gasteiger partial charge on any atom is -0.337 e. The Labute approximate surface area is 107 Å². The van der Waals surface area contributed by atoms with Gasteiger partial charge in [0.15, 0.2) is 4.77 Å². The molecule has 1 rings (SSSR count). The summed E-state index contributed by atoms with van der Waals surface area (Å²) < 4.78 is 27.7. The van der Waals surface area contributed by atoms with Gasteiger partial charge in [-0.2, -0.15) is 0 Å². The minimum absolute atomic E-state index is 0.506. The van der Waals surface area contributed by atoms with Crippen LogP contribution in [0.3, 0.4) is 0 Å². The molecule has 0 aliphatic heterocycles. The predicted octanol–water partition coefficient (Wildman–Crippen LogP) is 1.44. The van der Waals surface area contributed by atoms with Gasteiger partial charge in [0.25, 0.3) is 0 Å². The average molecular weight is 277 g/mol. The van der Waals surface area contributed by atoms with E-state index in [2.05, 4.69) is 9.71 Å². The fourth-order valence-corrected chi connectivity index (χ4v) is 3.14. The number of nitrogens with zero attached hydrogens (tertiary/aromatic N) is 1. The number of aromatic amines is 1. The van der Waals surface area contributed by atoms with Crippen molar-refractivity contribution >= 4 is 22.2 Å². The van der Waals surface area contributed by atoms with Crippen LogP contribution in [-0.4, -0.2) is 29.8 Å². The largest absolute Gasteiger partial charge is 0.337 e. The lowest BCUT2D eigenvalue weighted by atomic mass is 10.1. The van der Waals surface area contributed by atoms with Gasteiger partial charge in [0.1, 0.15) is 0 Å².